The Hall–Kier alpha value is -1.46. The van der Waals surface area contributed by atoms with Gasteiger partial charge >= 0.3 is 0 Å². The number of hydrogen-bond acceptors (Lipinski definition) is 3. The summed E-state index contributed by atoms with van der Waals surface area (Å²) in [5, 5.41) is 11.2. The third-order valence-corrected chi connectivity index (χ3v) is 3.07. The molecule has 1 aromatic carbocycles. The van der Waals surface area contributed by atoms with Crippen LogP contribution in [0.5, 0.6) is 0 Å². The van der Waals surface area contributed by atoms with Gasteiger partial charge in [-0.15, -0.1) is 0 Å². The topological polar surface area (TPSA) is 56.0 Å². The van der Waals surface area contributed by atoms with Gasteiger partial charge < -0.3 is 0 Å². The first-order valence-electron chi connectivity index (χ1n) is 4.65. The number of pyridine rings is 1. The summed E-state index contributed by atoms with van der Waals surface area (Å²) in [5.74, 6) is 0. The van der Waals surface area contributed by atoms with Crippen LogP contribution in [0.2, 0.25) is 5.15 Å². The van der Waals surface area contributed by atoms with Crippen molar-refractivity contribution in [2.24, 2.45) is 0 Å². The Bertz CT molecular complexity index is 575. The summed E-state index contributed by atoms with van der Waals surface area (Å²) in [5.41, 5.74) is 0.917. The van der Waals surface area contributed by atoms with E-state index in [0.717, 1.165) is 0 Å². The highest BCUT2D eigenvalue weighted by atomic mass is 79.9. The fourth-order valence-electron chi connectivity index (χ4n) is 1.50. The average Bonchev–Trinajstić information content (AvgIpc) is 2.32. The quantitative estimate of drug-likeness (QED) is 0.477. The van der Waals surface area contributed by atoms with Crippen LogP contribution in [0.25, 0.3) is 11.1 Å². The van der Waals surface area contributed by atoms with Gasteiger partial charge in [0.15, 0.2) is 0 Å². The highest BCUT2D eigenvalue weighted by Gasteiger charge is 2.23. The average molecular weight is 314 g/mol. The molecule has 0 bridgehead atoms. The van der Waals surface area contributed by atoms with E-state index in [-0.39, 0.29) is 10.8 Å². The van der Waals surface area contributed by atoms with Crippen molar-refractivity contribution < 1.29 is 4.92 Å². The Morgan fingerprint density at radius 1 is 1.29 bits per heavy atom. The number of halogens is 2. The SMILES string of the molecule is O=[N+]([O-])c1c(Br)cnc(Cl)c1-c1ccccc1. The zero-order chi connectivity index (χ0) is 12.4. The number of rotatable bonds is 2. The van der Waals surface area contributed by atoms with Crippen LogP contribution in [0.4, 0.5) is 5.69 Å². The number of benzene rings is 1. The normalized spacial score (nSPS) is 10.2. The zero-order valence-electron chi connectivity index (χ0n) is 8.43. The van der Waals surface area contributed by atoms with Gasteiger partial charge in [-0.1, -0.05) is 41.9 Å². The standard InChI is InChI=1S/C11H6BrClN2O2/c12-8-6-14-11(13)9(10(8)15(16)17)7-4-2-1-3-5-7/h1-6H. The Labute approximate surface area is 111 Å². The minimum Gasteiger partial charge on any atom is -0.258 e. The van der Waals surface area contributed by atoms with Crippen molar-refractivity contribution in [3.63, 3.8) is 0 Å². The monoisotopic (exact) mass is 312 g/mol. The second-order valence-corrected chi connectivity index (χ2v) is 4.46. The van der Waals surface area contributed by atoms with E-state index in [9.17, 15) is 10.1 Å². The van der Waals surface area contributed by atoms with Gasteiger partial charge in [-0.3, -0.25) is 10.1 Å². The molecule has 0 aliphatic rings. The van der Waals surface area contributed by atoms with Gasteiger partial charge in [0.1, 0.15) is 9.63 Å². The van der Waals surface area contributed by atoms with Gasteiger partial charge in [0.05, 0.1) is 10.5 Å². The summed E-state index contributed by atoms with van der Waals surface area (Å²) in [6, 6.07) is 8.91. The largest absolute Gasteiger partial charge is 0.295 e. The Kier molecular flexibility index (Phi) is 3.40. The maximum Gasteiger partial charge on any atom is 0.295 e. The van der Waals surface area contributed by atoms with Crippen molar-refractivity contribution in [2.45, 2.75) is 0 Å². The Balaban J connectivity index is 2.76. The van der Waals surface area contributed by atoms with Crippen molar-refractivity contribution in [1.29, 1.82) is 0 Å². The zero-order valence-corrected chi connectivity index (χ0v) is 10.8. The van der Waals surface area contributed by atoms with E-state index in [1.807, 2.05) is 6.07 Å². The van der Waals surface area contributed by atoms with Crippen LogP contribution in [0.1, 0.15) is 0 Å². The molecule has 1 heterocycles. The van der Waals surface area contributed by atoms with Gasteiger partial charge in [0.25, 0.3) is 5.69 Å². The molecule has 0 aliphatic carbocycles. The highest BCUT2D eigenvalue weighted by molar-refractivity contribution is 9.10. The molecule has 6 heteroatoms. The minimum absolute atomic E-state index is 0.0730. The van der Waals surface area contributed by atoms with Crippen molar-refractivity contribution in [3.05, 3.63) is 56.3 Å². The molecule has 0 aliphatic heterocycles. The van der Waals surface area contributed by atoms with E-state index in [0.29, 0.717) is 15.6 Å². The summed E-state index contributed by atoms with van der Waals surface area (Å²) in [7, 11) is 0. The Morgan fingerprint density at radius 3 is 2.53 bits per heavy atom. The summed E-state index contributed by atoms with van der Waals surface area (Å²) in [6.45, 7) is 0. The highest BCUT2D eigenvalue weighted by Crippen LogP contribution is 2.39. The van der Waals surface area contributed by atoms with E-state index in [1.165, 1.54) is 6.20 Å². The van der Waals surface area contributed by atoms with Crippen LogP contribution < -0.4 is 0 Å². The van der Waals surface area contributed by atoms with Crippen molar-refractivity contribution >= 4 is 33.2 Å². The second kappa shape index (κ2) is 4.81. The van der Waals surface area contributed by atoms with Gasteiger partial charge in [-0.2, -0.15) is 0 Å². The first-order chi connectivity index (χ1) is 8.11. The summed E-state index contributed by atoms with van der Waals surface area (Å²) < 4.78 is 0.311. The lowest BCUT2D eigenvalue weighted by molar-refractivity contribution is -0.385. The summed E-state index contributed by atoms with van der Waals surface area (Å²) in [4.78, 5) is 14.5. The summed E-state index contributed by atoms with van der Waals surface area (Å²) >= 11 is 9.06. The summed E-state index contributed by atoms with van der Waals surface area (Å²) in [6.07, 6.45) is 1.33. The van der Waals surface area contributed by atoms with E-state index < -0.39 is 4.92 Å². The number of nitrogens with zero attached hydrogens (tertiary/aromatic N) is 2. The third kappa shape index (κ3) is 2.30. The molecule has 0 atom stereocenters. The molecule has 0 saturated carbocycles. The molecule has 2 aromatic rings. The van der Waals surface area contributed by atoms with Gasteiger partial charge in [0.2, 0.25) is 0 Å². The van der Waals surface area contributed by atoms with E-state index in [4.69, 9.17) is 11.6 Å². The van der Waals surface area contributed by atoms with Crippen LogP contribution in [0.3, 0.4) is 0 Å². The number of hydrogen-bond donors (Lipinski definition) is 0. The second-order valence-electron chi connectivity index (χ2n) is 3.24. The smallest absolute Gasteiger partial charge is 0.258 e. The van der Waals surface area contributed by atoms with E-state index >= 15 is 0 Å². The molecular formula is C11H6BrClN2O2. The lowest BCUT2D eigenvalue weighted by Crippen LogP contribution is -1.96. The molecule has 2 rings (SSSR count). The molecule has 0 amide bonds. The lowest BCUT2D eigenvalue weighted by atomic mass is 10.1. The molecule has 0 N–H and O–H groups in total. The predicted molar refractivity (Wildman–Crippen MR) is 69.0 cm³/mol. The van der Waals surface area contributed by atoms with E-state index in [2.05, 4.69) is 20.9 Å². The molecular weight excluding hydrogens is 307 g/mol. The molecule has 4 nitrogen and oxygen atoms in total. The molecule has 0 saturated heterocycles. The fourth-order valence-corrected chi connectivity index (χ4v) is 2.19. The predicted octanol–water partition coefficient (Wildman–Crippen LogP) is 4.07. The molecule has 0 radical (unpaired) electrons. The van der Waals surface area contributed by atoms with Crippen LogP contribution in [-0.2, 0) is 0 Å². The molecule has 17 heavy (non-hydrogen) atoms. The maximum atomic E-state index is 11.1. The van der Waals surface area contributed by atoms with Crippen LogP contribution >= 0.6 is 27.5 Å². The maximum absolute atomic E-state index is 11.1. The molecule has 86 valence electrons. The third-order valence-electron chi connectivity index (χ3n) is 2.21. The Morgan fingerprint density at radius 2 is 1.94 bits per heavy atom. The van der Waals surface area contributed by atoms with Gasteiger partial charge in [-0.25, -0.2) is 4.98 Å². The lowest BCUT2D eigenvalue weighted by Gasteiger charge is -2.06. The van der Waals surface area contributed by atoms with Crippen molar-refractivity contribution in [2.75, 3.05) is 0 Å². The molecule has 1 aromatic heterocycles. The number of aromatic nitrogens is 1. The minimum atomic E-state index is -0.472. The first-order valence-corrected chi connectivity index (χ1v) is 5.82. The van der Waals surface area contributed by atoms with Crippen molar-refractivity contribution in [3.8, 4) is 11.1 Å². The van der Waals surface area contributed by atoms with Crippen LogP contribution in [0, 0.1) is 10.1 Å². The van der Waals surface area contributed by atoms with Crippen molar-refractivity contribution in [1.82, 2.24) is 4.98 Å². The molecule has 0 unspecified atom stereocenters. The van der Waals surface area contributed by atoms with Crippen LogP contribution in [-0.4, -0.2) is 9.91 Å². The van der Waals surface area contributed by atoms with Gasteiger partial charge in [0, 0.05) is 6.20 Å². The molecule has 0 fully saturated rings. The number of nitro groups is 1. The van der Waals surface area contributed by atoms with Crippen LogP contribution in [0.15, 0.2) is 41.0 Å². The molecule has 0 spiro atoms. The first kappa shape index (κ1) is 12.0. The fraction of sp³-hybridized carbons (Fsp3) is 0. The van der Waals surface area contributed by atoms with E-state index in [1.54, 1.807) is 24.3 Å². The van der Waals surface area contributed by atoms with Gasteiger partial charge in [-0.05, 0) is 21.5 Å².